The minimum absolute atomic E-state index is 0.00942. The number of imide groups is 1. The molecule has 60 heavy (non-hydrogen) atoms. The average Bonchev–Trinajstić information content (AvgIpc) is 3.54. The highest BCUT2D eigenvalue weighted by Gasteiger charge is 2.33. The summed E-state index contributed by atoms with van der Waals surface area (Å²) in [5.74, 6) is 0.0705. The van der Waals surface area contributed by atoms with Gasteiger partial charge in [-0.25, -0.2) is 0 Å². The monoisotopic (exact) mass is 855 g/mol. The molecule has 1 aliphatic rings. The summed E-state index contributed by atoms with van der Waals surface area (Å²) in [5.41, 5.74) is 8.73. The molecule has 0 radical (unpaired) electrons. The second-order valence-electron chi connectivity index (χ2n) is 16.7. The zero-order valence-electron chi connectivity index (χ0n) is 36.1. The molecule has 13 heteroatoms. The van der Waals surface area contributed by atoms with Crippen molar-refractivity contribution in [3.63, 3.8) is 0 Å². The van der Waals surface area contributed by atoms with Crippen LogP contribution in [-0.4, -0.2) is 56.6 Å². The number of ether oxygens (including phenoxy) is 2. The summed E-state index contributed by atoms with van der Waals surface area (Å²) in [7, 11) is 1.91. The van der Waals surface area contributed by atoms with Crippen molar-refractivity contribution in [2.45, 2.75) is 101 Å². The Morgan fingerprint density at radius 2 is 1.57 bits per heavy atom. The van der Waals surface area contributed by atoms with E-state index in [0.29, 0.717) is 67.4 Å². The molecule has 0 saturated heterocycles. The van der Waals surface area contributed by atoms with Gasteiger partial charge in [0, 0.05) is 72.8 Å². The Morgan fingerprint density at radius 3 is 2.17 bits per heavy atom. The molecule has 1 aliphatic heterocycles. The highest BCUT2D eigenvalue weighted by molar-refractivity contribution is 6.35. The zero-order valence-corrected chi connectivity index (χ0v) is 37.6. The molecule has 0 bridgehead atoms. The number of carbonyl (C=O) groups is 4. The molecule has 0 N–H and O–H groups in total. The number of amides is 3. The van der Waals surface area contributed by atoms with Crippen LogP contribution in [0.3, 0.4) is 0 Å². The van der Waals surface area contributed by atoms with Crippen molar-refractivity contribution < 1.29 is 28.7 Å². The van der Waals surface area contributed by atoms with Crippen LogP contribution in [-0.2, 0) is 40.9 Å². The number of hydrogen-bond acceptors (Lipinski definition) is 7. The molecular weight excluding hydrogens is 801 g/mol. The van der Waals surface area contributed by atoms with Crippen molar-refractivity contribution in [3.8, 4) is 22.6 Å². The lowest BCUT2D eigenvalue weighted by Gasteiger charge is -2.25. The van der Waals surface area contributed by atoms with Crippen LogP contribution in [0.4, 0.5) is 5.69 Å². The van der Waals surface area contributed by atoms with Gasteiger partial charge in [-0.15, -0.1) is 0 Å². The fraction of sp³-hybridized carbons (Fsp3) is 0.426. The fourth-order valence-corrected chi connectivity index (χ4v) is 8.71. The third kappa shape index (κ3) is 9.27. The van der Waals surface area contributed by atoms with Gasteiger partial charge in [-0.05, 0) is 111 Å². The predicted octanol–water partition coefficient (Wildman–Crippen LogP) is 10.1. The van der Waals surface area contributed by atoms with Crippen molar-refractivity contribution in [3.05, 3.63) is 91.8 Å². The zero-order chi connectivity index (χ0) is 43.6. The van der Waals surface area contributed by atoms with Gasteiger partial charge in [-0.3, -0.25) is 28.8 Å². The molecule has 3 aromatic carbocycles. The van der Waals surface area contributed by atoms with E-state index in [1.54, 1.807) is 17.0 Å². The first-order chi connectivity index (χ1) is 28.5. The minimum atomic E-state index is -0.344. The van der Waals surface area contributed by atoms with Crippen molar-refractivity contribution >= 4 is 64.0 Å². The Bertz CT molecular complexity index is 2420. The molecule has 5 aromatic rings. The Labute approximate surface area is 362 Å². The van der Waals surface area contributed by atoms with Crippen LogP contribution < -0.4 is 14.4 Å². The Morgan fingerprint density at radius 1 is 0.900 bits per heavy atom. The van der Waals surface area contributed by atoms with Gasteiger partial charge in [0.2, 0.25) is 11.8 Å². The highest BCUT2D eigenvalue weighted by Crippen LogP contribution is 2.43. The molecule has 0 aliphatic carbocycles. The van der Waals surface area contributed by atoms with Gasteiger partial charge in [-0.2, -0.15) is 5.10 Å². The topological polar surface area (TPSA) is 116 Å². The van der Waals surface area contributed by atoms with Gasteiger partial charge in [0.05, 0.1) is 28.5 Å². The number of halogens is 2. The smallest absolute Gasteiger partial charge is 0.298 e. The second-order valence-corrected chi connectivity index (χ2v) is 17.5. The molecular formula is C47H55Cl2N5O6. The van der Waals surface area contributed by atoms with E-state index in [0.717, 1.165) is 60.9 Å². The lowest BCUT2D eigenvalue weighted by Crippen LogP contribution is -2.38. The summed E-state index contributed by atoms with van der Waals surface area (Å²) >= 11 is 13.5. The van der Waals surface area contributed by atoms with Gasteiger partial charge in [0.15, 0.2) is 0 Å². The van der Waals surface area contributed by atoms with Crippen LogP contribution in [0.15, 0.2) is 42.5 Å². The standard InChI is InChI=1S/C47H55Cl2N5O6/c1-27(2)18-40(56)54(41(57)19-28(3)4)34-22-33(23-36(24-34)60-26-55)25-52-15-11-16-53-45-38(13-14-39(48)43(45)42-31(7)50-51(9)32(42)8)37(46(53)47(52)58)12-10-17-59-35-20-29(5)44(49)30(6)21-35/h13-14,20-24,26-28H,10-12,15-19,25H2,1-9H3. The van der Waals surface area contributed by atoms with Crippen molar-refractivity contribution in [1.82, 2.24) is 19.2 Å². The van der Waals surface area contributed by atoms with Crippen LogP contribution in [0.2, 0.25) is 10.0 Å². The summed E-state index contributed by atoms with van der Waals surface area (Å²) in [6.07, 6.45) is 2.13. The quantitative estimate of drug-likeness (QED) is 0.0761. The van der Waals surface area contributed by atoms with Crippen LogP contribution in [0, 0.1) is 39.5 Å². The number of rotatable bonds is 15. The summed E-state index contributed by atoms with van der Waals surface area (Å²) in [4.78, 5) is 57.0. The minimum Gasteiger partial charge on any atom is -0.494 e. The SMILES string of the molecule is Cc1cc(OCCCc2c3n(c4c(-c5c(C)nn(C)c5C)c(Cl)ccc24)CCCN(Cc2cc(OC=O)cc(N(C(=O)CC(C)C)C(=O)CC(C)C)c2)C3=O)cc(C)c1Cl. The van der Waals surface area contributed by atoms with E-state index in [-0.39, 0.29) is 54.7 Å². The number of benzene rings is 3. The summed E-state index contributed by atoms with van der Waals surface area (Å²) in [6, 6.07) is 12.7. The average molecular weight is 857 g/mol. The third-order valence-corrected chi connectivity index (χ3v) is 11.9. The van der Waals surface area contributed by atoms with Gasteiger partial charge in [-0.1, -0.05) is 57.0 Å². The normalized spacial score (nSPS) is 12.9. The maximum Gasteiger partial charge on any atom is 0.298 e. The van der Waals surface area contributed by atoms with E-state index in [2.05, 4.69) is 4.57 Å². The largest absolute Gasteiger partial charge is 0.494 e. The van der Waals surface area contributed by atoms with Crippen molar-refractivity contribution in [2.75, 3.05) is 18.1 Å². The first kappa shape index (κ1) is 44.4. The lowest BCUT2D eigenvalue weighted by molar-refractivity contribution is -0.127. The van der Waals surface area contributed by atoms with E-state index in [1.165, 1.54) is 11.0 Å². The number of hydrogen-bond donors (Lipinski definition) is 0. The molecule has 318 valence electrons. The van der Waals surface area contributed by atoms with E-state index in [9.17, 15) is 14.4 Å². The molecule has 0 fully saturated rings. The first-order valence-electron chi connectivity index (χ1n) is 20.6. The predicted molar refractivity (Wildman–Crippen MR) is 237 cm³/mol. The van der Waals surface area contributed by atoms with Crippen LogP contribution >= 0.6 is 23.2 Å². The maximum atomic E-state index is 15.2. The molecule has 3 heterocycles. The number of aryl methyl sites for hydroxylation is 6. The van der Waals surface area contributed by atoms with E-state index in [1.807, 2.05) is 91.4 Å². The molecule has 6 rings (SSSR count). The molecule has 0 atom stereocenters. The Balaban J connectivity index is 1.43. The number of aromatic nitrogens is 3. The summed E-state index contributed by atoms with van der Waals surface area (Å²) in [5, 5.41) is 6.94. The Hall–Kier alpha value is -5.13. The van der Waals surface area contributed by atoms with Gasteiger partial charge in [0.1, 0.15) is 17.2 Å². The van der Waals surface area contributed by atoms with Gasteiger partial charge < -0.3 is 18.9 Å². The molecule has 3 amide bonds. The van der Waals surface area contributed by atoms with Gasteiger partial charge >= 0.3 is 0 Å². The second kappa shape index (κ2) is 18.6. The fourth-order valence-electron chi connectivity index (χ4n) is 8.35. The first-order valence-corrected chi connectivity index (χ1v) is 21.4. The number of nitrogens with zero attached hydrogens (tertiary/aromatic N) is 5. The molecule has 11 nitrogen and oxygen atoms in total. The summed E-state index contributed by atoms with van der Waals surface area (Å²) < 4.78 is 15.5. The highest BCUT2D eigenvalue weighted by atomic mass is 35.5. The van der Waals surface area contributed by atoms with Crippen LogP contribution in [0.25, 0.3) is 22.0 Å². The van der Waals surface area contributed by atoms with E-state index >= 15 is 4.79 Å². The maximum absolute atomic E-state index is 15.2. The van der Waals surface area contributed by atoms with E-state index < -0.39 is 0 Å². The van der Waals surface area contributed by atoms with Crippen molar-refractivity contribution in [2.24, 2.45) is 18.9 Å². The lowest BCUT2D eigenvalue weighted by atomic mass is 9.98. The number of fused-ring (bicyclic) bond motifs is 3. The Kier molecular flexibility index (Phi) is 13.8. The third-order valence-electron chi connectivity index (χ3n) is 11.0. The summed E-state index contributed by atoms with van der Waals surface area (Å²) in [6.45, 7) is 17.4. The molecule has 0 saturated carbocycles. The van der Waals surface area contributed by atoms with Crippen LogP contribution in [0.1, 0.15) is 97.5 Å². The molecule has 0 spiro atoms. The number of anilines is 1. The van der Waals surface area contributed by atoms with E-state index in [4.69, 9.17) is 37.8 Å². The molecule has 2 aromatic heterocycles. The van der Waals surface area contributed by atoms with Gasteiger partial charge in [0.25, 0.3) is 12.4 Å². The van der Waals surface area contributed by atoms with Crippen molar-refractivity contribution in [1.29, 1.82) is 0 Å². The number of carbonyl (C=O) groups excluding carboxylic acids is 4. The molecule has 0 unspecified atom stereocenters. The van der Waals surface area contributed by atoms with Crippen LogP contribution in [0.5, 0.6) is 11.5 Å².